The van der Waals surface area contributed by atoms with Gasteiger partial charge in [0.25, 0.3) is 0 Å². The van der Waals surface area contributed by atoms with E-state index in [1.54, 1.807) is 6.92 Å². The summed E-state index contributed by atoms with van der Waals surface area (Å²) in [5.41, 5.74) is 0.947. The van der Waals surface area contributed by atoms with Gasteiger partial charge in [0.1, 0.15) is 4.90 Å². The molecule has 1 fully saturated rings. The number of hydrogen-bond acceptors (Lipinski definition) is 4. The summed E-state index contributed by atoms with van der Waals surface area (Å²) >= 11 is 5.78. The summed E-state index contributed by atoms with van der Waals surface area (Å²) in [4.78, 5) is 2.52. The van der Waals surface area contributed by atoms with Crippen molar-refractivity contribution >= 4 is 21.6 Å². The van der Waals surface area contributed by atoms with E-state index in [1.807, 2.05) is 0 Å². The van der Waals surface area contributed by atoms with Crippen molar-refractivity contribution in [1.82, 2.24) is 19.4 Å². The van der Waals surface area contributed by atoms with Crippen LogP contribution < -0.4 is 0 Å². The lowest BCUT2D eigenvalue weighted by molar-refractivity contribution is 0.154. The molecule has 0 radical (unpaired) electrons. The Hall–Kier alpha value is -0.630. The second kappa shape index (κ2) is 6.01. The molecule has 20 heavy (non-hydrogen) atoms. The Morgan fingerprint density at radius 2 is 1.90 bits per heavy atom. The summed E-state index contributed by atoms with van der Waals surface area (Å²) in [6.07, 6.45) is 0. The highest BCUT2D eigenvalue weighted by Crippen LogP contribution is 2.24. The predicted molar refractivity (Wildman–Crippen MR) is 78.3 cm³/mol. The molecular formula is C12H21ClN4O2S. The molecule has 0 atom stereocenters. The Labute approximate surface area is 125 Å². The average Bonchev–Trinajstić information content (AvgIpc) is 2.80. The summed E-state index contributed by atoms with van der Waals surface area (Å²) in [5, 5.41) is 6.67. The van der Waals surface area contributed by atoms with Crippen LogP contribution in [-0.2, 0) is 15.9 Å². The number of nitrogens with zero attached hydrogens (tertiary/aromatic N) is 3. The molecule has 0 aliphatic carbocycles. The molecular weight excluding hydrogens is 300 g/mol. The molecule has 114 valence electrons. The van der Waals surface area contributed by atoms with Gasteiger partial charge in [-0.25, -0.2) is 8.42 Å². The van der Waals surface area contributed by atoms with Crippen molar-refractivity contribution in [2.45, 2.75) is 37.6 Å². The van der Waals surface area contributed by atoms with Gasteiger partial charge in [0.2, 0.25) is 10.0 Å². The number of halogens is 1. The van der Waals surface area contributed by atoms with E-state index in [0.717, 1.165) is 13.1 Å². The van der Waals surface area contributed by atoms with E-state index < -0.39 is 10.0 Å². The number of sulfonamides is 1. The van der Waals surface area contributed by atoms with Crippen molar-refractivity contribution in [1.29, 1.82) is 0 Å². The number of H-pyrrole nitrogens is 1. The van der Waals surface area contributed by atoms with Crippen LogP contribution in [0.5, 0.6) is 0 Å². The zero-order valence-electron chi connectivity index (χ0n) is 12.1. The standard InChI is InChI=1S/C12H21ClN4O2S/c1-9(2)16-4-6-17(7-5-16)20(18,19)12-10(3)14-15-11(12)8-13/h9H,4-8H2,1-3H3,(H,14,15). The van der Waals surface area contributed by atoms with E-state index in [-0.39, 0.29) is 10.8 Å². The molecule has 1 saturated heterocycles. The number of piperazine rings is 1. The molecule has 0 spiro atoms. The van der Waals surface area contributed by atoms with E-state index in [9.17, 15) is 8.42 Å². The fraction of sp³-hybridized carbons (Fsp3) is 0.750. The van der Waals surface area contributed by atoms with Crippen LogP contribution in [0.3, 0.4) is 0 Å². The van der Waals surface area contributed by atoms with E-state index in [2.05, 4.69) is 28.9 Å². The first kappa shape index (κ1) is 15.8. The van der Waals surface area contributed by atoms with Gasteiger partial charge in [-0.05, 0) is 20.8 Å². The van der Waals surface area contributed by atoms with Gasteiger partial charge in [-0.1, -0.05) is 0 Å². The van der Waals surface area contributed by atoms with Crippen LogP contribution in [0.25, 0.3) is 0 Å². The third kappa shape index (κ3) is 2.86. The van der Waals surface area contributed by atoms with Gasteiger partial charge in [-0.15, -0.1) is 11.6 Å². The van der Waals surface area contributed by atoms with Crippen molar-refractivity contribution in [3.63, 3.8) is 0 Å². The number of rotatable bonds is 4. The third-order valence-electron chi connectivity index (χ3n) is 3.69. The van der Waals surface area contributed by atoms with Gasteiger partial charge in [-0.2, -0.15) is 9.40 Å². The molecule has 1 aliphatic rings. The predicted octanol–water partition coefficient (Wildman–Crippen LogP) is 1.17. The summed E-state index contributed by atoms with van der Waals surface area (Å²) < 4.78 is 27.0. The van der Waals surface area contributed by atoms with E-state index in [0.29, 0.717) is 30.5 Å². The zero-order valence-corrected chi connectivity index (χ0v) is 13.6. The first-order chi connectivity index (χ1) is 9.37. The summed E-state index contributed by atoms with van der Waals surface area (Å²) in [5.74, 6) is 0.0882. The van der Waals surface area contributed by atoms with Crippen LogP contribution >= 0.6 is 11.6 Å². The fourth-order valence-corrected chi connectivity index (χ4v) is 4.51. The number of nitrogens with one attached hydrogen (secondary N) is 1. The largest absolute Gasteiger partial charge is 0.298 e. The molecule has 0 amide bonds. The minimum atomic E-state index is -3.51. The Bertz CT molecular complexity index is 562. The molecule has 1 N–H and O–H groups in total. The fourth-order valence-electron chi connectivity index (χ4n) is 2.49. The maximum Gasteiger partial charge on any atom is 0.246 e. The van der Waals surface area contributed by atoms with Crippen LogP contribution in [0, 0.1) is 6.92 Å². The van der Waals surface area contributed by atoms with Crippen molar-refractivity contribution < 1.29 is 8.42 Å². The number of aryl methyl sites for hydroxylation is 1. The van der Waals surface area contributed by atoms with Gasteiger partial charge in [-0.3, -0.25) is 10.00 Å². The van der Waals surface area contributed by atoms with Crippen molar-refractivity contribution in [2.75, 3.05) is 26.2 Å². The molecule has 0 bridgehead atoms. The summed E-state index contributed by atoms with van der Waals surface area (Å²) in [6, 6.07) is 0.439. The molecule has 1 aromatic rings. The Balaban J connectivity index is 2.22. The highest BCUT2D eigenvalue weighted by atomic mass is 35.5. The van der Waals surface area contributed by atoms with Gasteiger partial charge < -0.3 is 0 Å². The lowest BCUT2D eigenvalue weighted by Crippen LogP contribution is -2.50. The number of aromatic amines is 1. The highest BCUT2D eigenvalue weighted by molar-refractivity contribution is 7.89. The topological polar surface area (TPSA) is 69.3 Å². The van der Waals surface area contributed by atoms with Gasteiger partial charge in [0.05, 0.1) is 17.3 Å². The highest BCUT2D eigenvalue weighted by Gasteiger charge is 2.33. The van der Waals surface area contributed by atoms with E-state index in [4.69, 9.17) is 11.6 Å². The summed E-state index contributed by atoms with van der Waals surface area (Å²) in [6.45, 7) is 8.47. The number of hydrogen-bond donors (Lipinski definition) is 1. The summed E-state index contributed by atoms with van der Waals surface area (Å²) in [7, 11) is -3.51. The quantitative estimate of drug-likeness (QED) is 0.846. The number of alkyl halides is 1. The van der Waals surface area contributed by atoms with E-state index in [1.165, 1.54) is 4.31 Å². The Morgan fingerprint density at radius 3 is 2.40 bits per heavy atom. The lowest BCUT2D eigenvalue weighted by atomic mass is 10.3. The maximum atomic E-state index is 12.7. The smallest absolute Gasteiger partial charge is 0.246 e. The third-order valence-corrected chi connectivity index (χ3v) is 6.05. The maximum absolute atomic E-state index is 12.7. The monoisotopic (exact) mass is 320 g/mol. The minimum absolute atomic E-state index is 0.0882. The Kier molecular flexibility index (Phi) is 4.73. The molecule has 8 heteroatoms. The molecule has 2 rings (SSSR count). The van der Waals surface area contributed by atoms with Crippen molar-refractivity contribution in [3.05, 3.63) is 11.4 Å². The second-order valence-electron chi connectivity index (χ2n) is 5.29. The van der Waals surface area contributed by atoms with Crippen molar-refractivity contribution in [3.8, 4) is 0 Å². The molecule has 2 heterocycles. The molecule has 1 aliphatic heterocycles. The SMILES string of the molecule is Cc1[nH]nc(CCl)c1S(=O)(=O)N1CCN(C(C)C)CC1. The average molecular weight is 321 g/mol. The second-order valence-corrected chi connectivity index (χ2v) is 7.43. The molecule has 6 nitrogen and oxygen atoms in total. The van der Waals surface area contributed by atoms with Crippen LogP contribution in [0.15, 0.2) is 4.90 Å². The molecule has 0 unspecified atom stereocenters. The zero-order chi connectivity index (χ0) is 14.9. The van der Waals surface area contributed by atoms with Gasteiger partial charge >= 0.3 is 0 Å². The Morgan fingerprint density at radius 1 is 1.30 bits per heavy atom. The number of aromatic nitrogens is 2. The van der Waals surface area contributed by atoms with Crippen LogP contribution in [-0.4, -0.2) is 60.0 Å². The van der Waals surface area contributed by atoms with Crippen LogP contribution in [0.4, 0.5) is 0 Å². The molecule has 1 aromatic heterocycles. The van der Waals surface area contributed by atoms with Gasteiger partial charge in [0.15, 0.2) is 0 Å². The van der Waals surface area contributed by atoms with Crippen LogP contribution in [0.1, 0.15) is 25.2 Å². The normalized spacial score (nSPS) is 18.9. The van der Waals surface area contributed by atoms with Crippen molar-refractivity contribution in [2.24, 2.45) is 0 Å². The first-order valence-corrected chi connectivity index (χ1v) is 8.69. The molecule has 0 saturated carbocycles. The molecule has 0 aromatic carbocycles. The van der Waals surface area contributed by atoms with E-state index >= 15 is 0 Å². The van der Waals surface area contributed by atoms with Crippen LogP contribution in [0.2, 0.25) is 0 Å². The lowest BCUT2D eigenvalue weighted by Gasteiger charge is -2.36. The van der Waals surface area contributed by atoms with Gasteiger partial charge in [0, 0.05) is 32.2 Å². The first-order valence-electron chi connectivity index (χ1n) is 6.72. The minimum Gasteiger partial charge on any atom is -0.298 e.